The first-order valence-corrected chi connectivity index (χ1v) is 7.96. The van der Waals surface area contributed by atoms with Gasteiger partial charge in [0, 0.05) is 13.1 Å². The fourth-order valence-electron chi connectivity index (χ4n) is 2.17. The summed E-state index contributed by atoms with van der Waals surface area (Å²) >= 11 is 0. The van der Waals surface area contributed by atoms with E-state index in [4.69, 9.17) is 0 Å². The third kappa shape index (κ3) is 4.86. The zero-order chi connectivity index (χ0) is 15.6. The molecule has 0 aliphatic carbocycles. The maximum absolute atomic E-state index is 12.3. The van der Waals surface area contributed by atoms with Gasteiger partial charge in [0.1, 0.15) is 0 Å². The Labute approximate surface area is 121 Å². The molecule has 1 aromatic carbocycles. The van der Waals surface area contributed by atoms with Crippen LogP contribution < -0.4 is 4.72 Å². The number of benzene rings is 1. The summed E-state index contributed by atoms with van der Waals surface area (Å²) in [7, 11) is 0.0477. The van der Waals surface area contributed by atoms with Gasteiger partial charge in [-0.1, -0.05) is 17.7 Å². The van der Waals surface area contributed by atoms with Crippen LogP contribution in [0, 0.1) is 13.8 Å². The number of aliphatic hydroxyl groups is 1. The number of hydrogen-bond acceptors (Lipinski definition) is 4. The van der Waals surface area contributed by atoms with Crippen molar-refractivity contribution in [3.05, 3.63) is 29.3 Å². The number of aryl methyl sites for hydroxylation is 2. The molecule has 0 saturated carbocycles. The van der Waals surface area contributed by atoms with E-state index in [-0.39, 0.29) is 11.4 Å². The Morgan fingerprint density at radius 3 is 2.40 bits per heavy atom. The SMILES string of the molecule is Cc1ccc(S(=O)(=O)NCC(C)(O)CN(C)C)c(C)c1. The molecule has 0 radical (unpaired) electrons. The van der Waals surface area contributed by atoms with Crippen LogP contribution in [0.25, 0.3) is 0 Å². The van der Waals surface area contributed by atoms with Gasteiger partial charge in [-0.05, 0) is 46.5 Å². The zero-order valence-electron chi connectivity index (χ0n) is 12.8. The number of hydrogen-bond donors (Lipinski definition) is 2. The van der Waals surface area contributed by atoms with E-state index >= 15 is 0 Å². The number of sulfonamides is 1. The molecular formula is C14H24N2O3S. The van der Waals surface area contributed by atoms with Crippen molar-refractivity contribution in [3.63, 3.8) is 0 Å². The molecule has 1 rings (SSSR count). The van der Waals surface area contributed by atoms with Gasteiger partial charge in [-0.15, -0.1) is 0 Å². The average molecular weight is 300 g/mol. The second-order valence-electron chi connectivity index (χ2n) is 5.83. The van der Waals surface area contributed by atoms with Crippen molar-refractivity contribution in [1.29, 1.82) is 0 Å². The van der Waals surface area contributed by atoms with Gasteiger partial charge in [0.2, 0.25) is 10.0 Å². The summed E-state index contributed by atoms with van der Waals surface area (Å²) in [5, 5.41) is 10.1. The lowest BCUT2D eigenvalue weighted by atomic mass is 10.1. The van der Waals surface area contributed by atoms with E-state index < -0.39 is 15.6 Å². The van der Waals surface area contributed by atoms with Crippen LogP contribution in [0.1, 0.15) is 18.1 Å². The normalized spacial score (nSPS) is 15.3. The van der Waals surface area contributed by atoms with E-state index in [0.717, 1.165) is 5.56 Å². The van der Waals surface area contributed by atoms with Gasteiger partial charge in [-0.25, -0.2) is 13.1 Å². The predicted octanol–water partition coefficient (Wildman–Crippen LogP) is 0.894. The standard InChI is InChI=1S/C14H24N2O3S/c1-11-6-7-13(12(2)8-11)20(18,19)15-9-14(3,17)10-16(4)5/h6-8,15,17H,9-10H2,1-5H3. The second kappa shape index (κ2) is 6.22. The first kappa shape index (κ1) is 17.1. The van der Waals surface area contributed by atoms with Crippen LogP contribution in [0.2, 0.25) is 0 Å². The minimum absolute atomic E-state index is 0.0270. The van der Waals surface area contributed by atoms with E-state index in [1.54, 1.807) is 26.0 Å². The molecule has 1 atom stereocenters. The lowest BCUT2D eigenvalue weighted by Gasteiger charge is -2.27. The quantitative estimate of drug-likeness (QED) is 0.819. The largest absolute Gasteiger partial charge is 0.387 e. The number of nitrogens with one attached hydrogen (secondary N) is 1. The van der Waals surface area contributed by atoms with Crippen molar-refractivity contribution < 1.29 is 13.5 Å². The first-order chi connectivity index (χ1) is 9.03. The van der Waals surface area contributed by atoms with Gasteiger partial charge in [0.05, 0.1) is 10.5 Å². The maximum Gasteiger partial charge on any atom is 0.240 e. The molecule has 0 aromatic heterocycles. The highest BCUT2D eigenvalue weighted by atomic mass is 32.2. The molecule has 0 heterocycles. The van der Waals surface area contributed by atoms with Gasteiger partial charge in [0.25, 0.3) is 0 Å². The molecule has 0 aliphatic heterocycles. The molecule has 20 heavy (non-hydrogen) atoms. The van der Waals surface area contributed by atoms with Crippen LogP contribution in [-0.4, -0.2) is 51.2 Å². The molecule has 0 amide bonds. The molecule has 5 nitrogen and oxygen atoms in total. The third-order valence-corrected chi connectivity index (χ3v) is 4.48. The van der Waals surface area contributed by atoms with E-state index in [1.807, 2.05) is 32.0 Å². The van der Waals surface area contributed by atoms with Gasteiger partial charge in [-0.2, -0.15) is 0 Å². The van der Waals surface area contributed by atoms with Gasteiger partial charge in [-0.3, -0.25) is 0 Å². The van der Waals surface area contributed by atoms with Gasteiger partial charge < -0.3 is 10.0 Å². The Morgan fingerprint density at radius 2 is 1.90 bits per heavy atom. The highest BCUT2D eigenvalue weighted by molar-refractivity contribution is 7.89. The molecule has 0 fully saturated rings. The smallest absolute Gasteiger partial charge is 0.240 e. The van der Waals surface area contributed by atoms with Crippen molar-refractivity contribution in [2.24, 2.45) is 0 Å². The minimum atomic E-state index is -3.61. The van der Waals surface area contributed by atoms with Crippen molar-refractivity contribution in [1.82, 2.24) is 9.62 Å². The van der Waals surface area contributed by atoms with Crippen LogP contribution in [0.3, 0.4) is 0 Å². The summed E-state index contributed by atoms with van der Waals surface area (Å²) < 4.78 is 27.0. The molecule has 0 bridgehead atoms. The van der Waals surface area contributed by atoms with Crippen molar-refractivity contribution >= 4 is 10.0 Å². The molecular weight excluding hydrogens is 276 g/mol. The fraction of sp³-hybridized carbons (Fsp3) is 0.571. The summed E-state index contributed by atoms with van der Waals surface area (Å²) in [5.74, 6) is 0. The Kier molecular flexibility index (Phi) is 5.32. The average Bonchev–Trinajstić information content (AvgIpc) is 2.24. The summed E-state index contributed by atoms with van der Waals surface area (Å²) in [5.41, 5.74) is 0.598. The monoisotopic (exact) mass is 300 g/mol. The molecule has 0 aliphatic rings. The maximum atomic E-state index is 12.3. The fourth-order valence-corrected chi connectivity index (χ4v) is 3.55. The van der Waals surface area contributed by atoms with Crippen LogP contribution in [0.4, 0.5) is 0 Å². The molecule has 6 heteroatoms. The summed E-state index contributed by atoms with van der Waals surface area (Å²) in [4.78, 5) is 2.06. The highest BCUT2D eigenvalue weighted by Crippen LogP contribution is 2.16. The van der Waals surface area contributed by atoms with E-state index in [2.05, 4.69) is 4.72 Å². The van der Waals surface area contributed by atoms with Crippen molar-refractivity contribution in [2.45, 2.75) is 31.3 Å². The summed E-state index contributed by atoms with van der Waals surface area (Å²) in [6.45, 7) is 5.64. The second-order valence-corrected chi connectivity index (χ2v) is 7.56. The van der Waals surface area contributed by atoms with Crippen molar-refractivity contribution in [3.8, 4) is 0 Å². The molecule has 1 unspecified atom stereocenters. The summed E-state index contributed by atoms with van der Waals surface area (Å²) in [6.07, 6.45) is 0. The molecule has 2 N–H and O–H groups in total. The molecule has 114 valence electrons. The topological polar surface area (TPSA) is 69.6 Å². The Bertz CT molecular complexity index is 566. The summed E-state index contributed by atoms with van der Waals surface area (Å²) in [6, 6.07) is 5.18. The van der Waals surface area contributed by atoms with Gasteiger partial charge >= 0.3 is 0 Å². The van der Waals surface area contributed by atoms with Crippen LogP contribution in [0.15, 0.2) is 23.1 Å². The Balaban J connectivity index is 2.85. The molecule has 0 saturated heterocycles. The van der Waals surface area contributed by atoms with E-state index in [0.29, 0.717) is 12.1 Å². The van der Waals surface area contributed by atoms with E-state index in [1.165, 1.54) is 0 Å². The molecule has 0 spiro atoms. The highest BCUT2D eigenvalue weighted by Gasteiger charge is 2.25. The third-order valence-electron chi connectivity index (χ3n) is 2.92. The predicted molar refractivity (Wildman–Crippen MR) is 80.3 cm³/mol. The number of nitrogens with zero attached hydrogens (tertiary/aromatic N) is 1. The van der Waals surface area contributed by atoms with Crippen LogP contribution in [-0.2, 0) is 10.0 Å². The lowest BCUT2D eigenvalue weighted by molar-refractivity contribution is 0.0386. The number of likely N-dealkylation sites (N-methyl/N-ethyl adjacent to an activating group) is 1. The lowest BCUT2D eigenvalue weighted by Crippen LogP contribution is -2.47. The van der Waals surface area contributed by atoms with Crippen molar-refractivity contribution in [2.75, 3.05) is 27.2 Å². The van der Waals surface area contributed by atoms with E-state index in [9.17, 15) is 13.5 Å². The Hall–Kier alpha value is -0.950. The zero-order valence-corrected chi connectivity index (χ0v) is 13.6. The van der Waals surface area contributed by atoms with Crippen LogP contribution >= 0.6 is 0 Å². The molecule has 1 aromatic rings. The number of rotatable bonds is 6. The first-order valence-electron chi connectivity index (χ1n) is 6.47. The van der Waals surface area contributed by atoms with Gasteiger partial charge in [0.15, 0.2) is 0 Å². The van der Waals surface area contributed by atoms with Crippen LogP contribution in [0.5, 0.6) is 0 Å². The minimum Gasteiger partial charge on any atom is -0.387 e. The Morgan fingerprint density at radius 1 is 1.30 bits per heavy atom.